The molecule has 7 heteroatoms. The first-order valence-electron chi connectivity index (χ1n) is 13.6. The molecule has 0 atom stereocenters. The lowest BCUT2D eigenvalue weighted by atomic mass is 10.0. The largest absolute Gasteiger partial charge is 0.493 e. The molecule has 2 aliphatic heterocycles. The fourth-order valence-corrected chi connectivity index (χ4v) is 5.69. The SMILES string of the molecule is Cc1cc(-c2nn(-c3ccccc3)cc2/C=C2/SC(N3CCCCCC3)=NC2=O)ccc1OCCC(C)C. The molecule has 1 aromatic heterocycles. The van der Waals surface area contributed by atoms with Gasteiger partial charge in [0.15, 0.2) is 5.17 Å². The van der Waals surface area contributed by atoms with Crippen LogP contribution in [0.5, 0.6) is 5.75 Å². The van der Waals surface area contributed by atoms with Crippen LogP contribution in [0.1, 0.15) is 57.1 Å². The molecule has 3 aromatic rings. The average Bonchev–Trinajstić information content (AvgIpc) is 3.37. The fourth-order valence-electron chi connectivity index (χ4n) is 4.73. The minimum atomic E-state index is -0.169. The Labute approximate surface area is 229 Å². The standard InChI is InChI=1S/C31H36N4O2S/c1-22(2)15-18-37-27-14-13-24(19-23(27)3)29-25(21-35(33-29)26-11-7-6-8-12-26)20-28-30(36)32-31(38-28)34-16-9-4-5-10-17-34/h6-8,11-14,19-22H,4-5,9-10,15-18H2,1-3H3/b28-20+. The van der Waals surface area contributed by atoms with Crippen molar-refractivity contribution in [3.8, 4) is 22.7 Å². The Morgan fingerprint density at radius 1 is 1.05 bits per heavy atom. The molecule has 2 aromatic carbocycles. The molecule has 0 saturated carbocycles. The van der Waals surface area contributed by atoms with Gasteiger partial charge in [0.25, 0.3) is 5.91 Å². The highest BCUT2D eigenvalue weighted by Gasteiger charge is 2.27. The fraction of sp³-hybridized carbons (Fsp3) is 0.387. The number of benzene rings is 2. The summed E-state index contributed by atoms with van der Waals surface area (Å²) in [5.41, 5.74) is 4.75. The van der Waals surface area contributed by atoms with Crippen LogP contribution < -0.4 is 4.74 Å². The molecule has 5 rings (SSSR count). The van der Waals surface area contributed by atoms with Gasteiger partial charge in [0.1, 0.15) is 11.4 Å². The van der Waals surface area contributed by atoms with E-state index >= 15 is 0 Å². The van der Waals surface area contributed by atoms with E-state index in [4.69, 9.17) is 9.84 Å². The number of likely N-dealkylation sites (tertiary alicyclic amines) is 1. The van der Waals surface area contributed by atoms with Crippen LogP contribution in [-0.2, 0) is 4.79 Å². The van der Waals surface area contributed by atoms with Gasteiger partial charge in [0.2, 0.25) is 0 Å². The number of para-hydroxylation sites is 1. The molecule has 38 heavy (non-hydrogen) atoms. The number of rotatable bonds is 7. The minimum Gasteiger partial charge on any atom is -0.493 e. The highest BCUT2D eigenvalue weighted by molar-refractivity contribution is 8.18. The summed E-state index contributed by atoms with van der Waals surface area (Å²) < 4.78 is 7.92. The van der Waals surface area contributed by atoms with Crippen molar-refractivity contribution >= 4 is 28.9 Å². The van der Waals surface area contributed by atoms with Gasteiger partial charge in [0.05, 0.1) is 17.2 Å². The third kappa shape index (κ3) is 6.21. The number of aryl methyl sites for hydroxylation is 1. The van der Waals surface area contributed by atoms with Gasteiger partial charge in [-0.3, -0.25) is 4.79 Å². The van der Waals surface area contributed by atoms with E-state index in [-0.39, 0.29) is 5.91 Å². The van der Waals surface area contributed by atoms with Crippen LogP contribution in [0, 0.1) is 12.8 Å². The van der Waals surface area contributed by atoms with Crippen molar-refractivity contribution in [2.75, 3.05) is 19.7 Å². The molecule has 1 fully saturated rings. The van der Waals surface area contributed by atoms with E-state index < -0.39 is 0 Å². The molecular weight excluding hydrogens is 492 g/mol. The Morgan fingerprint density at radius 3 is 2.53 bits per heavy atom. The molecule has 1 saturated heterocycles. The second-order valence-electron chi connectivity index (χ2n) is 10.4. The minimum absolute atomic E-state index is 0.169. The van der Waals surface area contributed by atoms with Gasteiger partial charge in [-0.05, 0) is 85.8 Å². The van der Waals surface area contributed by atoms with Crippen molar-refractivity contribution in [2.24, 2.45) is 10.9 Å². The van der Waals surface area contributed by atoms with Crippen LogP contribution in [0.2, 0.25) is 0 Å². The van der Waals surface area contributed by atoms with E-state index in [0.717, 1.165) is 71.3 Å². The Balaban J connectivity index is 1.45. The number of thioether (sulfide) groups is 1. The number of ether oxygens (including phenoxy) is 1. The Kier molecular flexibility index (Phi) is 8.32. The van der Waals surface area contributed by atoms with E-state index in [1.807, 2.05) is 53.4 Å². The molecule has 0 unspecified atom stereocenters. The van der Waals surface area contributed by atoms with Gasteiger partial charge in [0, 0.05) is 30.4 Å². The maximum absolute atomic E-state index is 12.9. The summed E-state index contributed by atoms with van der Waals surface area (Å²) >= 11 is 1.49. The summed E-state index contributed by atoms with van der Waals surface area (Å²) in [6.07, 6.45) is 9.76. The third-order valence-electron chi connectivity index (χ3n) is 6.94. The summed E-state index contributed by atoms with van der Waals surface area (Å²) in [6, 6.07) is 16.3. The van der Waals surface area contributed by atoms with Gasteiger partial charge in [-0.25, -0.2) is 4.68 Å². The van der Waals surface area contributed by atoms with Gasteiger partial charge >= 0.3 is 0 Å². The molecular formula is C31H36N4O2S. The number of amidine groups is 1. The van der Waals surface area contributed by atoms with Gasteiger partial charge in [-0.2, -0.15) is 10.1 Å². The molecule has 2 aliphatic rings. The molecule has 0 bridgehead atoms. The number of nitrogens with zero attached hydrogens (tertiary/aromatic N) is 4. The maximum Gasteiger partial charge on any atom is 0.286 e. The van der Waals surface area contributed by atoms with E-state index in [2.05, 4.69) is 42.8 Å². The van der Waals surface area contributed by atoms with Crippen LogP contribution in [0.4, 0.5) is 0 Å². The number of amides is 1. The van der Waals surface area contributed by atoms with Crippen molar-refractivity contribution in [1.82, 2.24) is 14.7 Å². The summed E-state index contributed by atoms with van der Waals surface area (Å²) in [5.74, 6) is 1.33. The van der Waals surface area contributed by atoms with E-state index in [1.165, 1.54) is 24.6 Å². The van der Waals surface area contributed by atoms with Crippen LogP contribution >= 0.6 is 11.8 Å². The predicted octanol–water partition coefficient (Wildman–Crippen LogP) is 7.12. The summed E-state index contributed by atoms with van der Waals surface area (Å²) in [4.78, 5) is 20.3. The van der Waals surface area contributed by atoms with Crippen LogP contribution in [-0.4, -0.2) is 45.5 Å². The van der Waals surface area contributed by atoms with E-state index in [1.54, 1.807) is 0 Å². The number of aliphatic imine (C=N–C) groups is 1. The van der Waals surface area contributed by atoms with Gasteiger partial charge in [-0.15, -0.1) is 0 Å². The highest BCUT2D eigenvalue weighted by atomic mass is 32.2. The summed E-state index contributed by atoms with van der Waals surface area (Å²) in [7, 11) is 0. The topological polar surface area (TPSA) is 59.7 Å². The molecule has 0 aliphatic carbocycles. The highest BCUT2D eigenvalue weighted by Crippen LogP contribution is 2.35. The predicted molar refractivity (Wildman–Crippen MR) is 157 cm³/mol. The zero-order chi connectivity index (χ0) is 26.5. The quantitative estimate of drug-likeness (QED) is 0.306. The molecule has 0 spiro atoms. The summed E-state index contributed by atoms with van der Waals surface area (Å²) in [5, 5.41) is 5.79. The van der Waals surface area contributed by atoms with Crippen LogP contribution in [0.25, 0.3) is 23.0 Å². The monoisotopic (exact) mass is 528 g/mol. The van der Waals surface area contributed by atoms with Crippen molar-refractivity contribution in [3.05, 3.63) is 70.8 Å². The van der Waals surface area contributed by atoms with Crippen LogP contribution in [0.3, 0.4) is 0 Å². The molecule has 6 nitrogen and oxygen atoms in total. The first-order valence-corrected chi connectivity index (χ1v) is 14.5. The van der Waals surface area contributed by atoms with Crippen molar-refractivity contribution < 1.29 is 9.53 Å². The smallest absolute Gasteiger partial charge is 0.286 e. The number of hydrogen-bond donors (Lipinski definition) is 0. The maximum atomic E-state index is 12.9. The Bertz CT molecular complexity index is 1340. The lowest BCUT2D eigenvalue weighted by molar-refractivity contribution is -0.113. The first kappa shape index (κ1) is 26.3. The normalized spacial score (nSPS) is 17.3. The number of hydrogen-bond acceptors (Lipinski definition) is 5. The second-order valence-corrected chi connectivity index (χ2v) is 11.4. The number of aromatic nitrogens is 2. The zero-order valence-corrected chi connectivity index (χ0v) is 23.3. The average molecular weight is 529 g/mol. The zero-order valence-electron chi connectivity index (χ0n) is 22.5. The number of carbonyl (C=O) groups is 1. The van der Waals surface area contributed by atoms with Gasteiger partial charge in [-0.1, -0.05) is 44.9 Å². The molecule has 0 N–H and O–H groups in total. The van der Waals surface area contributed by atoms with E-state index in [0.29, 0.717) is 17.4 Å². The van der Waals surface area contributed by atoms with Gasteiger partial charge < -0.3 is 9.64 Å². The van der Waals surface area contributed by atoms with Crippen LogP contribution in [0.15, 0.2) is 64.6 Å². The molecule has 0 radical (unpaired) electrons. The summed E-state index contributed by atoms with van der Waals surface area (Å²) in [6.45, 7) is 9.11. The molecule has 198 valence electrons. The second kappa shape index (κ2) is 12.0. The lowest BCUT2D eigenvalue weighted by Gasteiger charge is -2.20. The third-order valence-corrected chi connectivity index (χ3v) is 7.98. The Hall–Kier alpha value is -3.32. The Morgan fingerprint density at radius 2 is 1.82 bits per heavy atom. The van der Waals surface area contributed by atoms with E-state index in [9.17, 15) is 4.79 Å². The van der Waals surface area contributed by atoms with Crippen molar-refractivity contribution in [1.29, 1.82) is 0 Å². The molecule has 3 heterocycles. The molecule has 1 amide bonds. The lowest BCUT2D eigenvalue weighted by Crippen LogP contribution is -2.28. The number of carbonyl (C=O) groups excluding carboxylic acids is 1. The van der Waals surface area contributed by atoms with Crippen molar-refractivity contribution in [2.45, 2.75) is 52.9 Å². The van der Waals surface area contributed by atoms with Crippen molar-refractivity contribution in [3.63, 3.8) is 0 Å². The first-order chi connectivity index (χ1) is 18.5.